The first kappa shape index (κ1) is 9.37. The highest BCUT2D eigenvalue weighted by Gasteiger charge is 2.43. The lowest BCUT2D eigenvalue weighted by atomic mass is 10.1. The summed E-state index contributed by atoms with van der Waals surface area (Å²) in [6.45, 7) is 2.18. The second kappa shape index (κ2) is 3.62. The van der Waals surface area contributed by atoms with Crippen molar-refractivity contribution in [3.8, 4) is 0 Å². The number of fused-ring (bicyclic) bond motifs is 2. The van der Waals surface area contributed by atoms with Crippen LogP contribution in [-0.2, 0) is 6.54 Å². The summed E-state index contributed by atoms with van der Waals surface area (Å²) in [7, 11) is 0. The molecule has 1 N–H and O–H groups in total. The average molecular weight is 203 g/mol. The average Bonchev–Trinajstić information content (AvgIpc) is 2.77. The second-order valence-electron chi connectivity index (χ2n) is 4.89. The van der Waals surface area contributed by atoms with Crippen molar-refractivity contribution in [3.63, 3.8) is 0 Å². The fraction of sp³-hybridized carbons (Fsp3) is 0.538. The van der Waals surface area contributed by atoms with Gasteiger partial charge in [-0.15, -0.1) is 0 Å². The van der Waals surface area contributed by atoms with E-state index in [0.29, 0.717) is 6.04 Å². The van der Waals surface area contributed by atoms with Crippen molar-refractivity contribution in [1.29, 1.82) is 0 Å². The van der Waals surface area contributed by atoms with Gasteiger partial charge in [0.05, 0.1) is 6.10 Å². The van der Waals surface area contributed by atoms with Gasteiger partial charge in [0.2, 0.25) is 0 Å². The molecule has 0 spiro atoms. The zero-order valence-electron chi connectivity index (χ0n) is 8.84. The predicted molar refractivity (Wildman–Crippen MR) is 59.4 cm³/mol. The van der Waals surface area contributed by atoms with Crippen molar-refractivity contribution in [3.05, 3.63) is 35.9 Å². The summed E-state index contributed by atoms with van der Waals surface area (Å²) in [5.41, 5.74) is 1.36. The third-order valence-corrected chi connectivity index (χ3v) is 3.78. The molecular formula is C13H17NO. The monoisotopic (exact) mass is 203 g/mol. The third kappa shape index (κ3) is 1.68. The fourth-order valence-electron chi connectivity index (χ4n) is 3.10. The zero-order chi connectivity index (χ0) is 10.3. The van der Waals surface area contributed by atoms with Crippen LogP contribution in [0, 0.1) is 5.92 Å². The maximum Gasteiger partial charge on any atom is 0.0698 e. The van der Waals surface area contributed by atoms with E-state index in [1.165, 1.54) is 18.5 Å². The van der Waals surface area contributed by atoms with E-state index in [2.05, 4.69) is 35.2 Å². The van der Waals surface area contributed by atoms with Crippen molar-refractivity contribution in [2.24, 2.45) is 5.92 Å². The lowest BCUT2D eigenvalue weighted by Crippen LogP contribution is -2.40. The third-order valence-electron chi connectivity index (χ3n) is 3.78. The van der Waals surface area contributed by atoms with Crippen molar-refractivity contribution < 1.29 is 5.11 Å². The Morgan fingerprint density at radius 1 is 1.20 bits per heavy atom. The first-order valence-electron chi connectivity index (χ1n) is 5.79. The topological polar surface area (TPSA) is 23.5 Å². The van der Waals surface area contributed by atoms with Crippen LogP contribution in [0.1, 0.15) is 18.4 Å². The van der Waals surface area contributed by atoms with Gasteiger partial charge in [-0.3, -0.25) is 4.90 Å². The largest absolute Gasteiger partial charge is 0.391 e. The van der Waals surface area contributed by atoms with Gasteiger partial charge < -0.3 is 5.11 Å². The zero-order valence-corrected chi connectivity index (χ0v) is 8.84. The number of aliphatic hydroxyl groups is 1. The van der Waals surface area contributed by atoms with E-state index in [4.69, 9.17) is 0 Å². The van der Waals surface area contributed by atoms with Crippen molar-refractivity contribution in [2.75, 3.05) is 6.54 Å². The molecule has 3 rings (SSSR count). The first-order valence-corrected chi connectivity index (χ1v) is 5.79. The number of rotatable bonds is 2. The van der Waals surface area contributed by atoms with Gasteiger partial charge >= 0.3 is 0 Å². The van der Waals surface area contributed by atoms with Gasteiger partial charge in [0.15, 0.2) is 0 Å². The van der Waals surface area contributed by atoms with Crippen LogP contribution in [0.4, 0.5) is 0 Å². The normalized spacial score (nSPS) is 34.9. The molecule has 1 saturated carbocycles. The summed E-state index contributed by atoms with van der Waals surface area (Å²) >= 11 is 0. The SMILES string of the molecule is O[C@@H]1C[C@H]2C[C@@H]1N(Cc1ccccc1)C2. The number of hydrogen-bond acceptors (Lipinski definition) is 2. The smallest absolute Gasteiger partial charge is 0.0698 e. The molecule has 15 heavy (non-hydrogen) atoms. The van der Waals surface area contributed by atoms with E-state index in [-0.39, 0.29) is 6.10 Å². The van der Waals surface area contributed by atoms with Crippen molar-refractivity contribution >= 4 is 0 Å². The van der Waals surface area contributed by atoms with Crippen LogP contribution in [0.25, 0.3) is 0 Å². The molecule has 3 atom stereocenters. The summed E-state index contributed by atoms with van der Waals surface area (Å²) in [6.07, 6.45) is 2.15. The molecule has 80 valence electrons. The Balaban J connectivity index is 1.70. The van der Waals surface area contributed by atoms with Gasteiger partial charge in [-0.2, -0.15) is 0 Å². The molecule has 1 heterocycles. The number of hydrogen-bond donors (Lipinski definition) is 1. The van der Waals surface area contributed by atoms with Crippen LogP contribution in [0.2, 0.25) is 0 Å². The first-order chi connectivity index (χ1) is 7.33. The van der Waals surface area contributed by atoms with Crippen molar-refractivity contribution in [1.82, 2.24) is 4.90 Å². The summed E-state index contributed by atoms with van der Waals surface area (Å²) in [5.74, 6) is 0.744. The lowest BCUT2D eigenvalue weighted by Gasteiger charge is -2.30. The Bertz CT molecular complexity index is 338. The molecule has 2 fully saturated rings. The van der Waals surface area contributed by atoms with Crippen LogP contribution < -0.4 is 0 Å². The maximum absolute atomic E-state index is 9.83. The Hall–Kier alpha value is -0.860. The van der Waals surface area contributed by atoms with Crippen LogP contribution in [-0.4, -0.2) is 28.7 Å². The highest BCUT2D eigenvalue weighted by molar-refractivity contribution is 5.15. The molecule has 2 heteroatoms. The van der Waals surface area contributed by atoms with E-state index in [0.717, 1.165) is 18.9 Å². The van der Waals surface area contributed by atoms with Crippen LogP contribution in [0.5, 0.6) is 0 Å². The standard InChI is InChI=1S/C13H17NO/c15-13-7-11-6-12(13)14(9-11)8-10-4-2-1-3-5-10/h1-5,11-13,15H,6-9H2/t11-,12+,13-/m1/s1. The van der Waals surface area contributed by atoms with E-state index in [1.54, 1.807) is 0 Å². The molecule has 2 bridgehead atoms. The van der Waals surface area contributed by atoms with Gasteiger partial charge in [0.25, 0.3) is 0 Å². The van der Waals surface area contributed by atoms with Gasteiger partial charge in [-0.05, 0) is 24.3 Å². The Morgan fingerprint density at radius 3 is 2.67 bits per heavy atom. The minimum atomic E-state index is -0.0764. The number of aliphatic hydroxyl groups excluding tert-OH is 1. The number of likely N-dealkylation sites (tertiary alicyclic amines) is 1. The molecule has 1 aliphatic heterocycles. The summed E-state index contributed by atoms with van der Waals surface area (Å²) in [6, 6.07) is 11.0. The van der Waals surface area contributed by atoms with Crippen LogP contribution >= 0.6 is 0 Å². The molecule has 0 aromatic heterocycles. The molecule has 1 saturated heterocycles. The molecule has 1 aliphatic carbocycles. The molecule has 2 nitrogen and oxygen atoms in total. The Morgan fingerprint density at radius 2 is 2.00 bits per heavy atom. The molecule has 1 aromatic rings. The summed E-state index contributed by atoms with van der Waals surface area (Å²) in [4.78, 5) is 2.44. The van der Waals surface area contributed by atoms with Crippen molar-refractivity contribution in [2.45, 2.75) is 31.5 Å². The van der Waals surface area contributed by atoms with Gasteiger partial charge in [0.1, 0.15) is 0 Å². The minimum Gasteiger partial charge on any atom is -0.391 e. The second-order valence-corrected chi connectivity index (χ2v) is 4.89. The van der Waals surface area contributed by atoms with Crippen LogP contribution in [0.3, 0.4) is 0 Å². The number of piperidine rings is 1. The number of nitrogens with zero attached hydrogens (tertiary/aromatic N) is 1. The molecule has 0 amide bonds. The van der Waals surface area contributed by atoms with E-state index < -0.39 is 0 Å². The molecule has 1 aromatic carbocycles. The Kier molecular flexibility index (Phi) is 2.26. The summed E-state index contributed by atoms with van der Waals surface area (Å²) in [5, 5.41) is 9.83. The maximum atomic E-state index is 9.83. The lowest BCUT2D eigenvalue weighted by molar-refractivity contribution is 0.0529. The molecule has 2 aliphatic rings. The van der Waals surface area contributed by atoms with E-state index >= 15 is 0 Å². The fourth-order valence-corrected chi connectivity index (χ4v) is 3.10. The van der Waals surface area contributed by atoms with E-state index in [1.807, 2.05) is 0 Å². The minimum absolute atomic E-state index is 0.0764. The van der Waals surface area contributed by atoms with Gasteiger partial charge in [-0.25, -0.2) is 0 Å². The quantitative estimate of drug-likeness (QED) is 0.790. The molecule has 0 radical (unpaired) electrons. The van der Waals surface area contributed by atoms with E-state index in [9.17, 15) is 5.11 Å². The van der Waals surface area contributed by atoms with Gasteiger partial charge in [0, 0.05) is 19.1 Å². The molecule has 0 unspecified atom stereocenters. The molecular weight excluding hydrogens is 186 g/mol. The predicted octanol–water partition coefficient (Wildman–Crippen LogP) is 1.64. The number of benzene rings is 1. The highest BCUT2D eigenvalue weighted by atomic mass is 16.3. The summed E-state index contributed by atoms with van der Waals surface area (Å²) < 4.78 is 0. The Labute approximate surface area is 90.5 Å². The highest BCUT2D eigenvalue weighted by Crippen LogP contribution is 2.38. The van der Waals surface area contributed by atoms with Crippen LogP contribution in [0.15, 0.2) is 30.3 Å². The van der Waals surface area contributed by atoms with Gasteiger partial charge in [-0.1, -0.05) is 30.3 Å².